The van der Waals surface area contributed by atoms with E-state index in [0.29, 0.717) is 19.5 Å². The summed E-state index contributed by atoms with van der Waals surface area (Å²) in [6.45, 7) is 3.31. The number of hydrogen-bond donors (Lipinski definition) is 1. The Bertz CT molecular complexity index is 1070. The van der Waals surface area contributed by atoms with E-state index >= 15 is 0 Å². The van der Waals surface area contributed by atoms with Crippen molar-refractivity contribution < 1.29 is 0 Å². The van der Waals surface area contributed by atoms with Crippen molar-refractivity contribution in [3.8, 4) is 0 Å². The molecule has 0 amide bonds. The van der Waals surface area contributed by atoms with Crippen LogP contribution in [0.1, 0.15) is 24.1 Å². The summed E-state index contributed by atoms with van der Waals surface area (Å²) in [6, 6.07) is 18.0. The van der Waals surface area contributed by atoms with Gasteiger partial charge >= 0.3 is 5.69 Å². The number of nitrogens with one attached hydrogen (secondary N) is 1. The summed E-state index contributed by atoms with van der Waals surface area (Å²) in [5.41, 5.74) is 2.88. The first-order valence-electron chi connectivity index (χ1n) is 8.88. The monoisotopic (exact) mass is 347 g/mol. The molecule has 0 radical (unpaired) electrons. The third-order valence-corrected chi connectivity index (χ3v) is 4.52. The summed E-state index contributed by atoms with van der Waals surface area (Å²) in [5.74, 6) is 1.74. The van der Waals surface area contributed by atoms with Crippen LogP contribution in [-0.2, 0) is 25.9 Å². The zero-order chi connectivity index (χ0) is 17.9. The number of aromatic nitrogens is 5. The van der Waals surface area contributed by atoms with Crippen LogP contribution in [0.3, 0.4) is 0 Å². The number of nitrogens with zero attached hydrogens (tertiary/aromatic N) is 4. The molecule has 0 aliphatic rings. The summed E-state index contributed by atoms with van der Waals surface area (Å²) in [5, 5.41) is 4.62. The molecule has 0 saturated carbocycles. The highest BCUT2D eigenvalue weighted by Crippen LogP contribution is 2.11. The predicted molar refractivity (Wildman–Crippen MR) is 101 cm³/mol. The molecule has 6 nitrogen and oxygen atoms in total. The lowest BCUT2D eigenvalue weighted by Gasteiger charge is -2.07. The second-order valence-corrected chi connectivity index (χ2v) is 6.29. The van der Waals surface area contributed by atoms with Crippen LogP contribution < -0.4 is 5.69 Å². The number of imidazole rings is 1. The SMILES string of the molecule is CCc1nc(CCn2c(=O)[nH]c3ccccc32)n(Cc2ccccc2)n1. The van der Waals surface area contributed by atoms with Crippen LogP contribution in [0.25, 0.3) is 11.0 Å². The fraction of sp³-hybridized carbons (Fsp3) is 0.250. The van der Waals surface area contributed by atoms with Crippen molar-refractivity contribution in [1.82, 2.24) is 24.3 Å². The van der Waals surface area contributed by atoms with E-state index in [9.17, 15) is 4.79 Å². The van der Waals surface area contributed by atoms with Crippen LogP contribution in [0.15, 0.2) is 59.4 Å². The molecular formula is C20H21N5O. The largest absolute Gasteiger partial charge is 0.326 e. The second-order valence-electron chi connectivity index (χ2n) is 6.29. The highest BCUT2D eigenvalue weighted by atomic mass is 16.1. The average Bonchev–Trinajstić information content (AvgIpc) is 3.20. The van der Waals surface area contributed by atoms with Gasteiger partial charge in [0.25, 0.3) is 0 Å². The Morgan fingerprint density at radius 2 is 1.81 bits per heavy atom. The summed E-state index contributed by atoms with van der Waals surface area (Å²) in [4.78, 5) is 19.8. The molecule has 4 aromatic rings. The van der Waals surface area contributed by atoms with Crippen LogP contribution in [0.5, 0.6) is 0 Å². The summed E-state index contributed by atoms with van der Waals surface area (Å²) < 4.78 is 3.72. The van der Waals surface area contributed by atoms with E-state index in [1.807, 2.05) is 47.1 Å². The molecule has 132 valence electrons. The number of hydrogen-bond acceptors (Lipinski definition) is 3. The molecule has 0 saturated heterocycles. The van der Waals surface area contributed by atoms with E-state index in [4.69, 9.17) is 0 Å². The molecule has 2 aromatic heterocycles. The van der Waals surface area contributed by atoms with Gasteiger partial charge in [0, 0.05) is 19.4 Å². The molecule has 0 spiro atoms. The molecular weight excluding hydrogens is 326 g/mol. The molecule has 2 heterocycles. The number of benzene rings is 2. The van der Waals surface area contributed by atoms with E-state index in [0.717, 1.165) is 29.1 Å². The predicted octanol–water partition coefficient (Wildman–Crippen LogP) is 2.77. The Hall–Kier alpha value is -3.15. The van der Waals surface area contributed by atoms with Gasteiger partial charge in [-0.2, -0.15) is 5.10 Å². The smallest absolute Gasteiger partial charge is 0.306 e. The zero-order valence-corrected chi connectivity index (χ0v) is 14.7. The molecule has 1 N–H and O–H groups in total. The van der Waals surface area contributed by atoms with Crippen LogP contribution in [0, 0.1) is 0 Å². The minimum absolute atomic E-state index is 0.0870. The van der Waals surface area contributed by atoms with E-state index < -0.39 is 0 Å². The normalized spacial score (nSPS) is 11.3. The van der Waals surface area contributed by atoms with Crippen molar-refractivity contribution >= 4 is 11.0 Å². The van der Waals surface area contributed by atoms with Gasteiger partial charge in [-0.15, -0.1) is 0 Å². The number of aryl methyl sites for hydroxylation is 3. The van der Waals surface area contributed by atoms with Gasteiger partial charge in [-0.1, -0.05) is 49.4 Å². The van der Waals surface area contributed by atoms with Gasteiger partial charge in [0.1, 0.15) is 5.82 Å². The van der Waals surface area contributed by atoms with Gasteiger partial charge in [-0.3, -0.25) is 4.57 Å². The van der Waals surface area contributed by atoms with E-state index in [2.05, 4.69) is 34.1 Å². The Morgan fingerprint density at radius 3 is 2.62 bits per heavy atom. The Morgan fingerprint density at radius 1 is 1.04 bits per heavy atom. The van der Waals surface area contributed by atoms with Crippen LogP contribution in [-0.4, -0.2) is 24.3 Å². The third-order valence-electron chi connectivity index (χ3n) is 4.52. The molecule has 0 aliphatic heterocycles. The second kappa shape index (κ2) is 7.00. The molecule has 0 fully saturated rings. The first kappa shape index (κ1) is 16.3. The molecule has 26 heavy (non-hydrogen) atoms. The van der Waals surface area contributed by atoms with Crippen molar-refractivity contribution in [1.29, 1.82) is 0 Å². The molecule has 0 aliphatic carbocycles. The number of rotatable bonds is 6. The minimum atomic E-state index is -0.0870. The standard InChI is InChI=1S/C20H21N5O/c1-2-18-22-19(25(23-18)14-15-8-4-3-5-9-15)12-13-24-17-11-7-6-10-16(17)21-20(24)26/h3-11H,2,12-14H2,1H3,(H,21,26). The van der Waals surface area contributed by atoms with Crippen molar-refractivity contribution in [2.45, 2.75) is 32.9 Å². The first-order chi connectivity index (χ1) is 12.7. The van der Waals surface area contributed by atoms with Gasteiger partial charge in [0.05, 0.1) is 17.6 Å². The topological polar surface area (TPSA) is 68.5 Å². The summed E-state index contributed by atoms with van der Waals surface area (Å²) >= 11 is 0. The highest BCUT2D eigenvalue weighted by Gasteiger charge is 2.12. The van der Waals surface area contributed by atoms with Gasteiger partial charge in [0.15, 0.2) is 5.82 Å². The molecule has 4 rings (SSSR count). The van der Waals surface area contributed by atoms with E-state index in [-0.39, 0.29) is 5.69 Å². The first-order valence-corrected chi connectivity index (χ1v) is 8.88. The molecule has 0 unspecified atom stereocenters. The van der Waals surface area contributed by atoms with Crippen molar-refractivity contribution in [2.24, 2.45) is 0 Å². The van der Waals surface area contributed by atoms with Crippen LogP contribution in [0.4, 0.5) is 0 Å². The van der Waals surface area contributed by atoms with Crippen molar-refractivity contribution in [3.05, 3.63) is 82.3 Å². The van der Waals surface area contributed by atoms with Crippen molar-refractivity contribution in [3.63, 3.8) is 0 Å². The zero-order valence-electron chi connectivity index (χ0n) is 14.7. The fourth-order valence-corrected chi connectivity index (χ4v) is 3.18. The Labute approximate surface area is 151 Å². The van der Waals surface area contributed by atoms with Gasteiger partial charge < -0.3 is 4.98 Å². The number of para-hydroxylation sites is 2. The highest BCUT2D eigenvalue weighted by molar-refractivity contribution is 5.74. The molecule has 0 atom stereocenters. The molecule has 2 aromatic carbocycles. The summed E-state index contributed by atoms with van der Waals surface area (Å²) in [6.07, 6.45) is 1.45. The lowest BCUT2D eigenvalue weighted by molar-refractivity contribution is 0.593. The van der Waals surface area contributed by atoms with E-state index in [1.165, 1.54) is 5.56 Å². The van der Waals surface area contributed by atoms with E-state index in [1.54, 1.807) is 4.57 Å². The fourth-order valence-electron chi connectivity index (χ4n) is 3.18. The third kappa shape index (κ3) is 3.18. The minimum Gasteiger partial charge on any atom is -0.306 e. The lowest BCUT2D eigenvalue weighted by atomic mass is 10.2. The quantitative estimate of drug-likeness (QED) is 0.583. The molecule has 0 bridgehead atoms. The Balaban J connectivity index is 1.60. The number of fused-ring (bicyclic) bond motifs is 1. The summed E-state index contributed by atoms with van der Waals surface area (Å²) in [7, 11) is 0. The van der Waals surface area contributed by atoms with Gasteiger partial charge in [0.2, 0.25) is 0 Å². The maximum atomic E-state index is 12.3. The number of H-pyrrole nitrogens is 1. The number of aromatic amines is 1. The Kier molecular flexibility index (Phi) is 4.39. The van der Waals surface area contributed by atoms with Gasteiger partial charge in [-0.05, 0) is 17.7 Å². The average molecular weight is 347 g/mol. The molecule has 6 heteroatoms. The van der Waals surface area contributed by atoms with Crippen LogP contribution >= 0.6 is 0 Å². The van der Waals surface area contributed by atoms with Gasteiger partial charge in [-0.25, -0.2) is 14.5 Å². The van der Waals surface area contributed by atoms with Crippen molar-refractivity contribution in [2.75, 3.05) is 0 Å². The maximum Gasteiger partial charge on any atom is 0.326 e. The maximum absolute atomic E-state index is 12.3. The lowest BCUT2D eigenvalue weighted by Crippen LogP contribution is -2.19. The van der Waals surface area contributed by atoms with Crippen LogP contribution in [0.2, 0.25) is 0 Å².